The van der Waals surface area contributed by atoms with E-state index >= 15 is 0 Å². The highest BCUT2D eigenvalue weighted by Crippen LogP contribution is 2.26. The number of hydrogen-bond donors (Lipinski definition) is 2. The highest BCUT2D eigenvalue weighted by molar-refractivity contribution is 5.51. The van der Waals surface area contributed by atoms with Gasteiger partial charge in [-0.15, -0.1) is 0 Å². The Labute approximate surface area is 132 Å². The van der Waals surface area contributed by atoms with Crippen LogP contribution < -0.4 is 15.0 Å². The molecule has 0 spiro atoms. The van der Waals surface area contributed by atoms with Gasteiger partial charge in [0.25, 0.3) is 0 Å². The van der Waals surface area contributed by atoms with Crippen LogP contribution in [0.5, 0.6) is 6.01 Å². The molecule has 22 heavy (non-hydrogen) atoms. The van der Waals surface area contributed by atoms with Gasteiger partial charge in [0, 0.05) is 31.8 Å². The zero-order valence-corrected chi connectivity index (χ0v) is 13.8. The normalized spacial score (nSPS) is 13.8. The summed E-state index contributed by atoms with van der Waals surface area (Å²) in [5, 5.41) is 12.3. The van der Waals surface area contributed by atoms with Gasteiger partial charge >= 0.3 is 6.01 Å². The van der Waals surface area contributed by atoms with Gasteiger partial charge in [0.1, 0.15) is 5.82 Å². The molecular formula is C16H28N4O2. The molecule has 0 unspecified atom stereocenters. The molecule has 1 aromatic heterocycles. The van der Waals surface area contributed by atoms with Crippen molar-refractivity contribution >= 4 is 5.82 Å². The molecule has 0 aliphatic carbocycles. The number of nitrogens with zero attached hydrogens (tertiary/aromatic N) is 3. The summed E-state index contributed by atoms with van der Waals surface area (Å²) >= 11 is 0. The van der Waals surface area contributed by atoms with E-state index in [0.717, 1.165) is 63.4 Å². The van der Waals surface area contributed by atoms with Gasteiger partial charge in [0.2, 0.25) is 0 Å². The number of unbranched alkanes of at least 4 members (excludes halogenated alkanes) is 1. The van der Waals surface area contributed by atoms with E-state index in [2.05, 4.69) is 34.0 Å². The Bertz CT molecular complexity index is 468. The molecule has 0 atom stereocenters. The molecule has 0 bridgehead atoms. The summed E-state index contributed by atoms with van der Waals surface area (Å²) in [4.78, 5) is 11.5. The van der Waals surface area contributed by atoms with Crippen molar-refractivity contribution in [1.82, 2.24) is 15.3 Å². The second-order valence-electron chi connectivity index (χ2n) is 5.54. The lowest BCUT2D eigenvalue weighted by Crippen LogP contribution is -2.31. The third-order valence-corrected chi connectivity index (χ3v) is 3.85. The summed E-state index contributed by atoms with van der Waals surface area (Å²) in [6.07, 6.45) is 3.69. The molecule has 0 radical (unpaired) electrons. The van der Waals surface area contributed by atoms with Gasteiger partial charge in [-0.25, -0.2) is 0 Å². The summed E-state index contributed by atoms with van der Waals surface area (Å²) in [6.45, 7) is 8.65. The molecule has 2 rings (SSSR count). The molecule has 0 amide bonds. The largest absolute Gasteiger partial charge is 0.463 e. The Morgan fingerprint density at radius 3 is 2.86 bits per heavy atom. The number of aliphatic hydroxyl groups excluding tert-OH is 1. The molecule has 124 valence electrons. The monoisotopic (exact) mass is 308 g/mol. The van der Waals surface area contributed by atoms with E-state index in [-0.39, 0.29) is 6.61 Å². The van der Waals surface area contributed by atoms with Gasteiger partial charge in [-0.1, -0.05) is 6.92 Å². The number of hydrogen-bond acceptors (Lipinski definition) is 6. The lowest BCUT2D eigenvalue weighted by Gasteiger charge is -2.28. The van der Waals surface area contributed by atoms with Crippen molar-refractivity contribution < 1.29 is 9.84 Å². The minimum Gasteiger partial charge on any atom is -0.463 e. The van der Waals surface area contributed by atoms with Crippen LogP contribution in [0.3, 0.4) is 0 Å². The van der Waals surface area contributed by atoms with Crippen LogP contribution in [-0.2, 0) is 13.0 Å². The maximum Gasteiger partial charge on any atom is 0.318 e. The van der Waals surface area contributed by atoms with Crippen molar-refractivity contribution in [2.24, 2.45) is 0 Å². The number of fused-ring (bicyclic) bond motifs is 1. The maximum atomic E-state index is 8.98. The standard InChI is InChI=1S/C16H28N4O2/c1-3-11-22-16-18-14-12-17-8-7-13(14)15(19-16)20(4-2)9-5-6-10-21/h17,21H,3-12H2,1-2H3. The lowest BCUT2D eigenvalue weighted by atomic mass is 10.1. The maximum absolute atomic E-state index is 8.98. The lowest BCUT2D eigenvalue weighted by molar-refractivity contribution is 0.284. The number of aromatic nitrogens is 2. The summed E-state index contributed by atoms with van der Waals surface area (Å²) in [6, 6.07) is 0.486. The fraction of sp³-hybridized carbons (Fsp3) is 0.750. The molecule has 0 fully saturated rings. The fourth-order valence-electron chi connectivity index (χ4n) is 2.67. The van der Waals surface area contributed by atoms with E-state index in [1.165, 1.54) is 5.56 Å². The Kier molecular flexibility index (Phi) is 6.86. The molecule has 0 saturated carbocycles. The minimum absolute atomic E-state index is 0.244. The molecule has 0 saturated heterocycles. The van der Waals surface area contributed by atoms with Crippen molar-refractivity contribution in [3.8, 4) is 6.01 Å². The molecule has 6 nitrogen and oxygen atoms in total. The van der Waals surface area contributed by atoms with Crippen LogP contribution in [0.15, 0.2) is 0 Å². The van der Waals surface area contributed by atoms with Gasteiger partial charge in [-0.3, -0.25) is 0 Å². The van der Waals surface area contributed by atoms with Crippen LogP contribution in [0.4, 0.5) is 5.82 Å². The predicted octanol–water partition coefficient (Wildman–Crippen LogP) is 1.51. The van der Waals surface area contributed by atoms with Gasteiger partial charge in [-0.05, 0) is 39.2 Å². The first-order valence-corrected chi connectivity index (χ1v) is 8.39. The van der Waals surface area contributed by atoms with Crippen LogP contribution in [0.2, 0.25) is 0 Å². The quantitative estimate of drug-likeness (QED) is 0.674. The van der Waals surface area contributed by atoms with E-state index < -0.39 is 0 Å². The minimum atomic E-state index is 0.244. The Balaban J connectivity index is 2.25. The molecule has 6 heteroatoms. The fourth-order valence-corrected chi connectivity index (χ4v) is 2.67. The molecule has 2 N–H and O–H groups in total. The van der Waals surface area contributed by atoms with Gasteiger partial charge in [0.05, 0.1) is 12.3 Å². The van der Waals surface area contributed by atoms with Crippen LogP contribution in [0.1, 0.15) is 44.4 Å². The summed E-state index contributed by atoms with van der Waals surface area (Å²) < 4.78 is 5.67. The smallest absolute Gasteiger partial charge is 0.318 e. The third-order valence-electron chi connectivity index (χ3n) is 3.85. The number of ether oxygens (including phenoxy) is 1. The van der Waals surface area contributed by atoms with Gasteiger partial charge in [0.15, 0.2) is 0 Å². The first-order valence-electron chi connectivity index (χ1n) is 8.39. The van der Waals surface area contributed by atoms with Crippen LogP contribution in [0.25, 0.3) is 0 Å². The average Bonchev–Trinajstić information content (AvgIpc) is 2.56. The van der Waals surface area contributed by atoms with Crippen LogP contribution >= 0.6 is 0 Å². The topological polar surface area (TPSA) is 70.5 Å². The van der Waals surface area contributed by atoms with Gasteiger partial charge in [-0.2, -0.15) is 9.97 Å². The van der Waals surface area contributed by atoms with Crippen molar-refractivity contribution in [2.45, 2.75) is 46.1 Å². The van der Waals surface area contributed by atoms with Crippen LogP contribution in [-0.4, -0.2) is 47.9 Å². The molecule has 1 aromatic rings. The summed E-state index contributed by atoms with van der Waals surface area (Å²) in [7, 11) is 0. The molecule has 1 aliphatic heterocycles. The first-order chi connectivity index (χ1) is 10.8. The predicted molar refractivity (Wildman–Crippen MR) is 87.4 cm³/mol. The van der Waals surface area contributed by atoms with Crippen molar-refractivity contribution in [3.05, 3.63) is 11.3 Å². The van der Waals surface area contributed by atoms with Crippen molar-refractivity contribution in [2.75, 3.05) is 37.7 Å². The Morgan fingerprint density at radius 1 is 1.27 bits per heavy atom. The Morgan fingerprint density at radius 2 is 2.14 bits per heavy atom. The SMILES string of the molecule is CCCOc1nc2c(c(N(CC)CCCCO)n1)CCNC2. The van der Waals surface area contributed by atoms with Crippen molar-refractivity contribution in [1.29, 1.82) is 0 Å². The highest BCUT2D eigenvalue weighted by Gasteiger charge is 2.21. The van der Waals surface area contributed by atoms with E-state index in [9.17, 15) is 0 Å². The molecule has 0 aromatic carbocycles. The summed E-state index contributed by atoms with van der Waals surface area (Å²) in [5.41, 5.74) is 2.30. The molecule has 1 aliphatic rings. The summed E-state index contributed by atoms with van der Waals surface area (Å²) in [5.74, 6) is 1.01. The zero-order valence-electron chi connectivity index (χ0n) is 13.8. The molecular weight excluding hydrogens is 280 g/mol. The van der Waals surface area contributed by atoms with E-state index in [0.29, 0.717) is 12.6 Å². The van der Waals surface area contributed by atoms with E-state index in [1.807, 2.05) is 0 Å². The van der Waals surface area contributed by atoms with Crippen molar-refractivity contribution in [3.63, 3.8) is 0 Å². The van der Waals surface area contributed by atoms with E-state index in [4.69, 9.17) is 9.84 Å². The number of anilines is 1. The number of rotatable bonds is 9. The Hall–Kier alpha value is -1.40. The zero-order chi connectivity index (χ0) is 15.8. The highest BCUT2D eigenvalue weighted by atomic mass is 16.5. The molecule has 2 heterocycles. The number of nitrogens with one attached hydrogen (secondary N) is 1. The second kappa shape index (κ2) is 8.90. The average molecular weight is 308 g/mol. The first kappa shape index (κ1) is 17.0. The van der Waals surface area contributed by atoms with Gasteiger partial charge < -0.3 is 20.1 Å². The third kappa shape index (κ3) is 4.30. The number of aliphatic hydroxyl groups is 1. The second-order valence-corrected chi connectivity index (χ2v) is 5.54. The van der Waals surface area contributed by atoms with E-state index in [1.54, 1.807) is 0 Å². The van der Waals surface area contributed by atoms with Crippen LogP contribution in [0, 0.1) is 0 Å².